The van der Waals surface area contributed by atoms with Crippen molar-refractivity contribution in [2.24, 2.45) is 0 Å². The summed E-state index contributed by atoms with van der Waals surface area (Å²) in [6.45, 7) is 0.211. The Morgan fingerprint density at radius 1 is 1.41 bits per heavy atom. The largest absolute Gasteiger partial charge is 0.316 e. The van der Waals surface area contributed by atoms with Crippen LogP contribution in [0.3, 0.4) is 0 Å². The molecule has 0 aliphatic heterocycles. The van der Waals surface area contributed by atoms with Gasteiger partial charge in [0, 0.05) is 31.2 Å². The van der Waals surface area contributed by atoms with Crippen LogP contribution < -0.4 is 5.32 Å². The summed E-state index contributed by atoms with van der Waals surface area (Å²) in [4.78, 5) is -0.403. The van der Waals surface area contributed by atoms with E-state index in [0.29, 0.717) is 0 Å². The second kappa shape index (κ2) is 5.30. The van der Waals surface area contributed by atoms with E-state index in [4.69, 9.17) is 11.6 Å². The number of hydrogen-bond donors (Lipinski definition) is 1. The van der Waals surface area contributed by atoms with Crippen LogP contribution in [0.1, 0.15) is 5.56 Å². The van der Waals surface area contributed by atoms with Gasteiger partial charge in [0.15, 0.2) is 0 Å². The summed E-state index contributed by atoms with van der Waals surface area (Å²) in [5, 5.41) is 2.94. The highest BCUT2D eigenvalue weighted by atomic mass is 35.5. The molecule has 1 rings (SSSR count). The fourth-order valence-corrected chi connectivity index (χ4v) is 2.65. The lowest BCUT2D eigenvalue weighted by molar-refractivity contribution is 0.504. The van der Waals surface area contributed by atoms with E-state index in [-0.39, 0.29) is 17.1 Å². The fraction of sp³-hybridized carbons (Fsp3) is 0.400. The zero-order chi connectivity index (χ0) is 13.2. The Hall–Kier alpha value is -0.690. The molecular weight excluding hydrogens is 267 g/mol. The van der Waals surface area contributed by atoms with Gasteiger partial charge in [0.25, 0.3) is 0 Å². The van der Waals surface area contributed by atoms with E-state index in [1.54, 1.807) is 7.05 Å². The Bertz CT molecular complexity index is 517. The minimum atomic E-state index is -3.82. The molecule has 0 spiro atoms. The average Bonchev–Trinajstić information content (AvgIpc) is 2.22. The maximum absolute atomic E-state index is 14.0. The van der Waals surface area contributed by atoms with Crippen molar-refractivity contribution >= 4 is 21.6 Å². The Morgan fingerprint density at radius 2 is 2.00 bits per heavy atom. The van der Waals surface area contributed by atoms with Crippen molar-refractivity contribution in [3.63, 3.8) is 0 Å². The van der Waals surface area contributed by atoms with Crippen LogP contribution in [-0.4, -0.2) is 33.9 Å². The van der Waals surface area contributed by atoms with Crippen molar-refractivity contribution in [2.45, 2.75) is 11.4 Å². The number of sulfonamides is 1. The minimum absolute atomic E-state index is 0.192. The smallest absolute Gasteiger partial charge is 0.245 e. The SMILES string of the molecule is CNCc1cc(Cl)cc(S(=O)(=O)N(C)C)c1F. The van der Waals surface area contributed by atoms with E-state index in [0.717, 1.165) is 10.4 Å². The Balaban J connectivity index is 3.45. The van der Waals surface area contributed by atoms with Gasteiger partial charge in [-0.15, -0.1) is 0 Å². The Labute approximate surface area is 105 Å². The zero-order valence-electron chi connectivity index (χ0n) is 9.79. The maximum Gasteiger partial charge on any atom is 0.245 e. The number of nitrogens with one attached hydrogen (secondary N) is 1. The summed E-state index contributed by atoms with van der Waals surface area (Å²) in [5.74, 6) is -0.766. The van der Waals surface area contributed by atoms with Gasteiger partial charge in [-0.25, -0.2) is 17.1 Å². The Morgan fingerprint density at radius 3 is 2.47 bits per heavy atom. The average molecular weight is 281 g/mol. The summed E-state index contributed by atoms with van der Waals surface area (Å²) >= 11 is 5.79. The van der Waals surface area contributed by atoms with Crippen molar-refractivity contribution in [1.82, 2.24) is 9.62 Å². The van der Waals surface area contributed by atoms with Gasteiger partial charge in [0.1, 0.15) is 10.7 Å². The maximum atomic E-state index is 14.0. The van der Waals surface area contributed by atoms with Crippen molar-refractivity contribution in [3.05, 3.63) is 28.5 Å². The number of benzene rings is 1. The second-order valence-electron chi connectivity index (χ2n) is 3.69. The van der Waals surface area contributed by atoms with Gasteiger partial charge in [-0.05, 0) is 19.2 Å². The number of halogens is 2. The van der Waals surface area contributed by atoms with Gasteiger partial charge >= 0.3 is 0 Å². The van der Waals surface area contributed by atoms with Crippen LogP contribution in [0.25, 0.3) is 0 Å². The summed E-state index contributed by atoms with van der Waals surface area (Å²) < 4.78 is 38.7. The standard InChI is InChI=1S/C10H14ClFN2O2S/c1-13-6-7-4-8(11)5-9(10(7)12)17(15,16)14(2)3/h4-5,13H,6H2,1-3H3. The molecule has 0 aliphatic carbocycles. The monoisotopic (exact) mass is 280 g/mol. The first-order chi connectivity index (χ1) is 7.80. The van der Waals surface area contributed by atoms with Gasteiger partial charge in [-0.3, -0.25) is 0 Å². The molecule has 4 nitrogen and oxygen atoms in total. The van der Waals surface area contributed by atoms with Crippen molar-refractivity contribution < 1.29 is 12.8 Å². The molecule has 17 heavy (non-hydrogen) atoms. The van der Waals surface area contributed by atoms with Gasteiger partial charge in [-0.2, -0.15) is 0 Å². The van der Waals surface area contributed by atoms with E-state index >= 15 is 0 Å². The molecule has 0 radical (unpaired) electrons. The van der Waals surface area contributed by atoms with Crippen molar-refractivity contribution in [2.75, 3.05) is 21.1 Å². The molecule has 1 aromatic rings. The van der Waals surface area contributed by atoms with Gasteiger partial charge < -0.3 is 5.32 Å². The zero-order valence-corrected chi connectivity index (χ0v) is 11.4. The molecule has 0 unspecified atom stereocenters. The second-order valence-corrected chi connectivity index (χ2v) is 6.25. The van der Waals surface area contributed by atoms with E-state index in [1.165, 1.54) is 20.2 Å². The molecule has 0 aromatic heterocycles. The normalized spacial score (nSPS) is 12.1. The summed E-state index contributed by atoms with van der Waals surface area (Å²) in [5.41, 5.74) is 0.223. The van der Waals surface area contributed by atoms with Crippen LogP contribution in [0, 0.1) is 5.82 Å². The molecular formula is C10H14ClFN2O2S. The molecule has 96 valence electrons. The first-order valence-corrected chi connectivity index (χ1v) is 6.67. The minimum Gasteiger partial charge on any atom is -0.316 e. The topological polar surface area (TPSA) is 49.4 Å². The third kappa shape index (κ3) is 2.95. The first-order valence-electron chi connectivity index (χ1n) is 4.85. The highest BCUT2D eigenvalue weighted by molar-refractivity contribution is 7.89. The number of hydrogen-bond acceptors (Lipinski definition) is 3. The summed E-state index contributed by atoms with van der Waals surface area (Å²) in [7, 11) is 0.496. The van der Waals surface area contributed by atoms with Gasteiger partial charge in [0.05, 0.1) is 0 Å². The lowest BCUT2D eigenvalue weighted by Crippen LogP contribution is -2.24. The molecule has 0 amide bonds. The third-order valence-electron chi connectivity index (χ3n) is 2.21. The third-order valence-corrected chi connectivity index (χ3v) is 4.24. The molecule has 0 saturated heterocycles. The van der Waals surface area contributed by atoms with Crippen LogP contribution in [0.4, 0.5) is 4.39 Å². The molecule has 0 heterocycles. The molecule has 1 aromatic carbocycles. The quantitative estimate of drug-likeness (QED) is 0.908. The first kappa shape index (κ1) is 14.4. The predicted octanol–water partition coefficient (Wildman–Crippen LogP) is 1.45. The number of nitrogens with zero attached hydrogens (tertiary/aromatic N) is 1. The molecule has 0 atom stereocenters. The summed E-state index contributed by atoms with van der Waals surface area (Å²) in [6, 6.07) is 2.52. The highest BCUT2D eigenvalue weighted by Gasteiger charge is 2.24. The van der Waals surface area contributed by atoms with Crippen LogP contribution in [0.2, 0.25) is 5.02 Å². The molecule has 0 aliphatic rings. The predicted molar refractivity (Wildman–Crippen MR) is 65.0 cm³/mol. The summed E-state index contributed by atoms with van der Waals surface area (Å²) in [6.07, 6.45) is 0. The molecule has 0 bridgehead atoms. The molecule has 7 heteroatoms. The van der Waals surface area contributed by atoms with Crippen molar-refractivity contribution in [1.29, 1.82) is 0 Å². The van der Waals surface area contributed by atoms with E-state index < -0.39 is 20.7 Å². The lowest BCUT2D eigenvalue weighted by Gasteiger charge is -2.14. The van der Waals surface area contributed by atoms with Crippen LogP contribution in [-0.2, 0) is 16.6 Å². The van der Waals surface area contributed by atoms with Crippen LogP contribution >= 0.6 is 11.6 Å². The van der Waals surface area contributed by atoms with Crippen LogP contribution in [0.5, 0.6) is 0 Å². The Kier molecular flexibility index (Phi) is 4.48. The van der Waals surface area contributed by atoms with E-state index in [9.17, 15) is 12.8 Å². The lowest BCUT2D eigenvalue weighted by atomic mass is 10.2. The van der Waals surface area contributed by atoms with Gasteiger partial charge in [0.2, 0.25) is 10.0 Å². The molecule has 1 N–H and O–H groups in total. The van der Waals surface area contributed by atoms with Crippen molar-refractivity contribution in [3.8, 4) is 0 Å². The van der Waals surface area contributed by atoms with E-state index in [1.807, 2.05) is 0 Å². The highest BCUT2D eigenvalue weighted by Crippen LogP contribution is 2.25. The fourth-order valence-electron chi connectivity index (χ4n) is 1.32. The van der Waals surface area contributed by atoms with E-state index in [2.05, 4.69) is 5.32 Å². The van der Waals surface area contributed by atoms with Crippen LogP contribution in [0.15, 0.2) is 17.0 Å². The van der Waals surface area contributed by atoms with Gasteiger partial charge in [-0.1, -0.05) is 11.6 Å². The number of rotatable bonds is 4. The molecule has 0 fully saturated rings. The molecule has 0 saturated carbocycles.